The fourth-order valence-electron chi connectivity index (χ4n) is 1.38. The number of rotatable bonds is 5. The predicted octanol–water partition coefficient (Wildman–Crippen LogP) is 2.70. The lowest BCUT2D eigenvalue weighted by Crippen LogP contribution is -2.13. The number of hydrogen-bond acceptors (Lipinski definition) is 3. The van der Waals surface area contributed by atoms with E-state index in [1.54, 1.807) is 0 Å². The Morgan fingerprint density at radius 2 is 2.19 bits per heavy atom. The van der Waals surface area contributed by atoms with Gasteiger partial charge in [0.25, 0.3) is 0 Å². The summed E-state index contributed by atoms with van der Waals surface area (Å²) >= 11 is 0. The van der Waals surface area contributed by atoms with Crippen LogP contribution in [0.5, 0.6) is 0 Å². The molecule has 1 N–H and O–H groups in total. The summed E-state index contributed by atoms with van der Waals surface area (Å²) in [4.78, 5) is 0. The van der Waals surface area contributed by atoms with Crippen molar-refractivity contribution in [3.63, 3.8) is 0 Å². The number of ether oxygens (including phenoxy) is 1. The molecule has 0 radical (unpaired) electrons. The standard InChI is InChI=1S/C13H18N2O/c1-10(2)16-7-6-15-13-8-11(3)4-5-12(13)9-14/h4-5,8,10,15H,6-7H2,1-3H3. The number of benzene rings is 1. The van der Waals surface area contributed by atoms with E-state index in [1.165, 1.54) is 0 Å². The molecule has 0 heterocycles. The van der Waals surface area contributed by atoms with Gasteiger partial charge in [0.2, 0.25) is 0 Å². The number of hydrogen-bond donors (Lipinski definition) is 1. The molecule has 1 aromatic rings. The van der Waals surface area contributed by atoms with Gasteiger partial charge in [-0.2, -0.15) is 5.26 Å². The Morgan fingerprint density at radius 3 is 2.81 bits per heavy atom. The van der Waals surface area contributed by atoms with Crippen LogP contribution in [0.1, 0.15) is 25.0 Å². The number of nitriles is 1. The lowest BCUT2D eigenvalue weighted by molar-refractivity contribution is 0.0870. The van der Waals surface area contributed by atoms with Crippen LogP contribution in [-0.4, -0.2) is 19.3 Å². The third kappa shape index (κ3) is 3.92. The highest BCUT2D eigenvalue weighted by Crippen LogP contribution is 2.16. The average Bonchev–Trinajstić information content (AvgIpc) is 2.24. The predicted molar refractivity (Wildman–Crippen MR) is 65.5 cm³/mol. The lowest BCUT2D eigenvalue weighted by Gasteiger charge is -2.11. The maximum Gasteiger partial charge on any atom is 0.101 e. The molecule has 0 bridgehead atoms. The van der Waals surface area contributed by atoms with Gasteiger partial charge in [0, 0.05) is 6.54 Å². The van der Waals surface area contributed by atoms with E-state index < -0.39 is 0 Å². The molecule has 1 rings (SSSR count). The molecule has 0 aliphatic rings. The normalized spacial score (nSPS) is 10.2. The number of nitrogens with zero attached hydrogens (tertiary/aromatic N) is 1. The molecule has 0 aliphatic carbocycles. The molecule has 0 spiro atoms. The molecule has 0 aliphatic heterocycles. The Kier molecular flexibility index (Phi) is 4.81. The van der Waals surface area contributed by atoms with Crippen LogP contribution < -0.4 is 5.32 Å². The van der Waals surface area contributed by atoms with E-state index in [4.69, 9.17) is 10.00 Å². The van der Waals surface area contributed by atoms with Gasteiger partial charge in [-0.1, -0.05) is 6.07 Å². The van der Waals surface area contributed by atoms with Gasteiger partial charge in [-0.05, 0) is 38.5 Å². The van der Waals surface area contributed by atoms with Gasteiger partial charge in [0.05, 0.1) is 24.0 Å². The Bertz CT molecular complexity index is 380. The Labute approximate surface area is 97.0 Å². The molecular weight excluding hydrogens is 200 g/mol. The van der Waals surface area contributed by atoms with E-state index in [0.717, 1.165) is 17.8 Å². The second-order valence-electron chi connectivity index (χ2n) is 4.01. The monoisotopic (exact) mass is 218 g/mol. The lowest BCUT2D eigenvalue weighted by atomic mass is 10.1. The molecule has 0 amide bonds. The minimum atomic E-state index is 0.245. The van der Waals surface area contributed by atoms with Crippen molar-refractivity contribution < 1.29 is 4.74 Å². The van der Waals surface area contributed by atoms with Gasteiger partial charge in [-0.25, -0.2) is 0 Å². The van der Waals surface area contributed by atoms with E-state index in [9.17, 15) is 0 Å². The van der Waals surface area contributed by atoms with Crippen LogP contribution in [0.25, 0.3) is 0 Å². The first-order chi connectivity index (χ1) is 7.63. The first-order valence-corrected chi connectivity index (χ1v) is 5.49. The molecule has 3 nitrogen and oxygen atoms in total. The summed E-state index contributed by atoms with van der Waals surface area (Å²) in [7, 11) is 0. The number of aryl methyl sites for hydroxylation is 1. The summed E-state index contributed by atoms with van der Waals surface area (Å²) in [6, 6.07) is 7.92. The van der Waals surface area contributed by atoms with E-state index in [2.05, 4.69) is 11.4 Å². The van der Waals surface area contributed by atoms with Crippen molar-refractivity contribution in [2.45, 2.75) is 26.9 Å². The van der Waals surface area contributed by atoms with Gasteiger partial charge < -0.3 is 10.1 Å². The van der Waals surface area contributed by atoms with Crippen LogP contribution in [0.2, 0.25) is 0 Å². The quantitative estimate of drug-likeness (QED) is 0.773. The maximum absolute atomic E-state index is 8.93. The molecule has 3 heteroatoms. The van der Waals surface area contributed by atoms with Crippen molar-refractivity contribution >= 4 is 5.69 Å². The topological polar surface area (TPSA) is 45.0 Å². The molecule has 0 aromatic heterocycles. The van der Waals surface area contributed by atoms with Crippen molar-refractivity contribution in [1.82, 2.24) is 0 Å². The summed E-state index contributed by atoms with van der Waals surface area (Å²) in [5.41, 5.74) is 2.70. The van der Waals surface area contributed by atoms with Crippen molar-refractivity contribution in [3.05, 3.63) is 29.3 Å². The van der Waals surface area contributed by atoms with Crippen LogP contribution in [0.3, 0.4) is 0 Å². The molecule has 0 fully saturated rings. The Morgan fingerprint density at radius 1 is 1.44 bits per heavy atom. The summed E-state index contributed by atoms with van der Waals surface area (Å²) in [6.07, 6.45) is 0.245. The van der Waals surface area contributed by atoms with Crippen LogP contribution in [0, 0.1) is 18.3 Å². The van der Waals surface area contributed by atoms with E-state index in [1.807, 2.05) is 39.0 Å². The first kappa shape index (κ1) is 12.5. The third-order valence-electron chi connectivity index (χ3n) is 2.16. The minimum Gasteiger partial charge on any atom is -0.382 e. The second-order valence-corrected chi connectivity index (χ2v) is 4.01. The number of anilines is 1. The van der Waals surface area contributed by atoms with Gasteiger partial charge in [0.1, 0.15) is 6.07 Å². The summed E-state index contributed by atoms with van der Waals surface area (Å²) < 4.78 is 5.42. The molecule has 1 aromatic carbocycles. The zero-order chi connectivity index (χ0) is 12.0. The zero-order valence-corrected chi connectivity index (χ0v) is 10.1. The SMILES string of the molecule is Cc1ccc(C#N)c(NCCOC(C)C)c1. The highest BCUT2D eigenvalue weighted by Gasteiger charge is 2.01. The minimum absolute atomic E-state index is 0.245. The fourth-order valence-corrected chi connectivity index (χ4v) is 1.38. The molecule has 86 valence electrons. The first-order valence-electron chi connectivity index (χ1n) is 5.49. The van der Waals surface area contributed by atoms with E-state index in [0.29, 0.717) is 12.2 Å². The highest BCUT2D eigenvalue weighted by atomic mass is 16.5. The molecule has 16 heavy (non-hydrogen) atoms. The Balaban J connectivity index is 2.53. The second kappa shape index (κ2) is 6.14. The highest BCUT2D eigenvalue weighted by molar-refractivity contribution is 5.58. The molecular formula is C13H18N2O. The maximum atomic E-state index is 8.93. The van der Waals surface area contributed by atoms with E-state index in [-0.39, 0.29) is 6.10 Å². The van der Waals surface area contributed by atoms with Crippen LogP contribution in [-0.2, 0) is 4.74 Å². The van der Waals surface area contributed by atoms with Gasteiger partial charge >= 0.3 is 0 Å². The summed E-state index contributed by atoms with van der Waals surface area (Å²) in [5, 5.41) is 12.1. The van der Waals surface area contributed by atoms with Crippen molar-refractivity contribution in [3.8, 4) is 6.07 Å². The van der Waals surface area contributed by atoms with Gasteiger partial charge in [-0.3, -0.25) is 0 Å². The fraction of sp³-hybridized carbons (Fsp3) is 0.462. The largest absolute Gasteiger partial charge is 0.382 e. The van der Waals surface area contributed by atoms with Crippen LogP contribution in [0.4, 0.5) is 5.69 Å². The van der Waals surface area contributed by atoms with Gasteiger partial charge in [-0.15, -0.1) is 0 Å². The average molecular weight is 218 g/mol. The third-order valence-corrected chi connectivity index (χ3v) is 2.16. The molecule has 0 unspecified atom stereocenters. The zero-order valence-electron chi connectivity index (χ0n) is 10.1. The van der Waals surface area contributed by atoms with Crippen LogP contribution in [0.15, 0.2) is 18.2 Å². The van der Waals surface area contributed by atoms with Crippen molar-refractivity contribution in [1.29, 1.82) is 5.26 Å². The van der Waals surface area contributed by atoms with Crippen molar-refractivity contribution in [2.24, 2.45) is 0 Å². The molecule has 0 atom stereocenters. The van der Waals surface area contributed by atoms with E-state index >= 15 is 0 Å². The number of nitrogens with one attached hydrogen (secondary N) is 1. The van der Waals surface area contributed by atoms with Gasteiger partial charge in [0.15, 0.2) is 0 Å². The van der Waals surface area contributed by atoms with Crippen molar-refractivity contribution in [2.75, 3.05) is 18.5 Å². The summed E-state index contributed by atoms with van der Waals surface area (Å²) in [5.74, 6) is 0. The smallest absolute Gasteiger partial charge is 0.101 e. The Hall–Kier alpha value is -1.53. The summed E-state index contributed by atoms with van der Waals surface area (Å²) in [6.45, 7) is 7.39. The van der Waals surface area contributed by atoms with Crippen LogP contribution >= 0.6 is 0 Å². The molecule has 0 saturated heterocycles. The molecule has 0 saturated carbocycles.